The molecule has 1 unspecified atom stereocenters. The second-order valence-corrected chi connectivity index (χ2v) is 6.92. The molecule has 1 N–H and O–H groups in total. The summed E-state index contributed by atoms with van der Waals surface area (Å²) in [6, 6.07) is -0.0560. The third-order valence-electron chi connectivity index (χ3n) is 4.73. The largest absolute Gasteiger partial charge is 0.342 e. The molecule has 1 atom stereocenters. The number of rotatable bonds is 8. The molecular weight excluding hydrogens is 248 g/mol. The second kappa shape index (κ2) is 8.02. The molecule has 1 amide bonds. The van der Waals surface area contributed by atoms with E-state index in [1.165, 1.54) is 32.1 Å². The van der Waals surface area contributed by atoms with Crippen molar-refractivity contribution in [3.05, 3.63) is 0 Å². The molecule has 0 bridgehead atoms. The molecular formula is C17H34N2O. The summed E-state index contributed by atoms with van der Waals surface area (Å²) in [4.78, 5) is 14.2. The van der Waals surface area contributed by atoms with Crippen LogP contribution in [0.1, 0.15) is 66.7 Å². The van der Waals surface area contributed by atoms with Gasteiger partial charge >= 0.3 is 0 Å². The Bertz CT molecular complexity index is 291. The van der Waals surface area contributed by atoms with Crippen molar-refractivity contribution in [1.29, 1.82) is 0 Å². The van der Waals surface area contributed by atoms with E-state index in [1.807, 2.05) is 25.7 Å². The molecule has 1 rings (SSSR count). The third-order valence-corrected chi connectivity index (χ3v) is 4.73. The highest BCUT2D eigenvalue weighted by Gasteiger charge is 2.35. The molecule has 0 heterocycles. The molecule has 0 saturated heterocycles. The van der Waals surface area contributed by atoms with Gasteiger partial charge in [0, 0.05) is 19.6 Å². The maximum Gasteiger partial charge on any atom is 0.239 e. The first-order valence-corrected chi connectivity index (χ1v) is 8.46. The molecule has 0 spiro atoms. The number of carbonyl (C=O) groups is 1. The van der Waals surface area contributed by atoms with Crippen LogP contribution in [0.15, 0.2) is 0 Å². The van der Waals surface area contributed by atoms with Gasteiger partial charge in [-0.05, 0) is 51.4 Å². The molecule has 1 aliphatic rings. The van der Waals surface area contributed by atoms with E-state index >= 15 is 0 Å². The Kier molecular flexibility index (Phi) is 7.01. The average Bonchev–Trinajstić information content (AvgIpc) is 2.85. The van der Waals surface area contributed by atoms with E-state index in [1.54, 1.807) is 0 Å². The van der Waals surface area contributed by atoms with Crippen LogP contribution in [0.25, 0.3) is 0 Å². The molecule has 3 heteroatoms. The van der Waals surface area contributed by atoms with Crippen LogP contribution in [0.4, 0.5) is 0 Å². The van der Waals surface area contributed by atoms with Gasteiger partial charge in [0.05, 0.1) is 6.04 Å². The van der Waals surface area contributed by atoms with Crippen LogP contribution in [0, 0.1) is 11.3 Å². The summed E-state index contributed by atoms with van der Waals surface area (Å²) in [5.41, 5.74) is 0.436. The second-order valence-electron chi connectivity index (χ2n) is 6.92. The minimum absolute atomic E-state index is 0.0560. The smallest absolute Gasteiger partial charge is 0.239 e. The number of amides is 1. The zero-order valence-corrected chi connectivity index (χ0v) is 14.2. The molecule has 1 saturated carbocycles. The average molecular weight is 282 g/mol. The number of nitrogens with zero attached hydrogens (tertiary/aromatic N) is 1. The van der Waals surface area contributed by atoms with Crippen LogP contribution in [0.3, 0.4) is 0 Å². The first-order chi connectivity index (χ1) is 9.44. The van der Waals surface area contributed by atoms with Crippen LogP contribution < -0.4 is 5.32 Å². The molecule has 0 aromatic heterocycles. The lowest BCUT2D eigenvalue weighted by molar-refractivity contribution is -0.132. The van der Waals surface area contributed by atoms with Crippen molar-refractivity contribution in [2.75, 3.05) is 19.6 Å². The van der Waals surface area contributed by atoms with E-state index in [-0.39, 0.29) is 11.9 Å². The fraction of sp³-hybridized carbons (Fsp3) is 0.941. The Balaban J connectivity index is 2.52. The highest BCUT2D eigenvalue weighted by molar-refractivity contribution is 5.81. The summed E-state index contributed by atoms with van der Waals surface area (Å²) in [5, 5.41) is 3.53. The van der Waals surface area contributed by atoms with E-state index < -0.39 is 0 Å². The molecule has 118 valence electrons. The Labute approximate surface area is 125 Å². The quantitative estimate of drug-likeness (QED) is 0.739. The number of likely N-dealkylation sites (N-methyl/N-ethyl adjacent to an activating group) is 1. The van der Waals surface area contributed by atoms with Crippen LogP contribution >= 0.6 is 0 Å². The van der Waals surface area contributed by atoms with Gasteiger partial charge in [-0.15, -0.1) is 0 Å². The van der Waals surface area contributed by atoms with Gasteiger partial charge in [-0.1, -0.05) is 26.7 Å². The first-order valence-electron chi connectivity index (χ1n) is 8.46. The Morgan fingerprint density at radius 3 is 2.15 bits per heavy atom. The fourth-order valence-corrected chi connectivity index (χ4v) is 3.71. The predicted molar refractivity (Wildman–Crippen MR) is 85.7 cm³/mol. The summed E-state index contributed by atoms with van der Waals surface area (Å²) < 4.78 is 0. The predicted octanol–water partition coefficient (Wildman–Crippen LogP) is 3.44. The summed E-state index contributed by atoms with van der Waals surface area (Å²) in [7, 11) is 0. The maximum atomic E-state index is 12.3. The minimum Gasteiger partial charge on any atom is -0.342 e. The molecule has 0 radical (unpaired) electrons. The van der Waals surface area contributed by atoms with Gasteiger partial charge in [0.2, 0.25) is 5.91 Å². The van der Waals surface area contributed by atoms with Crippen molar-refractivity contribution in [2.45, 2.75) is 72.8 Å². The van der Waals surface area contributed by atoms with Gasteiger partial charge in [0.15, 0.2) is 0 Å². The van der Waals surface area contributed by atoms with Crippen molar-refractivity contribution in [2.24, 2.45) is 11.3 Å². The van der Waals surface area contributed by atoms with Crippen molar-refractivity contribution in [3.63, 3.8) is 0 Å². The SMILES string of the molecule is CCN(CC)C(=O)C(C)NCC1(CC(C)C)CCCC1. The van der Waals surface area contributed by atoms with E-state index in [0.717, 1.165) is 25.6 Å². The summed E-state index contributed by atoms with van der Waals surface area (Å²) >= 11 is 0. The van der Waals surface area contributed by atoms with Gasteiger partial charge in [-0.2, -0.15) is 0 Å². The molecule has 0 aliphatic heterocycles. The fourth-order valence-electron chi connectivity index (χ4n) is 3.71. The van der Waals surface area contributed by atoms with Gasteiger partial charge in [-0.25, -0.2) is 0 Å². The Morgan fingerprint density at radius 2 is 1.70 bits per heavy atom. The van der Waals surface area contributed by atoms with Crippen LogP contribution in [-0.4, -0.2) is 36.5 Å². The molecule has 0 aromatic carbocycles. The normalized spacial score (nSPS) is 19.3. The van der Waals surface area contributed by atoms with E-state index in [2.05, 4.69) is 19.2 Å². The van der Waals surface area contributed by atoms with E-state index in [9.17, 15) is 4.79 Å². The molecule has 3 nitrogen and oxygen atoms in total. The highest BCUT2D eigenvalue weighted by Crippen LogP contribution is 2.42. The first kappa shape index (κ1) is 17.5. The van der Waals surface area contributed by atoms with Gasteiger partial charge in [0.1, 0.15) is 0 Å². The van der Waals surface area contributed by atoms with E-state index in [4.69, 9.17) is 0 Å². The zero-order valence-electron chi connectivity index (χ0n) is 14.2. The summed E-state index contributed by atoms with van der Waals surface area (Å²) in [5.74, 6) is 0.983. The van der Waals surface area contributed by atoms with Crippen LogP contribution in [-0.2, 0) is 4.79 Å². The number of nitrogens with one attached hydrogen (secondary N) is 1. The molecule has 20 heavy (non-hydrogen) atoms. The lowest BCUT2D eigenvalue weighted by Crippen LogP contribution is -2.47. The number of hydrogen-bond acceptors (Lipinski definition) is 2. The van der Waals surface area contributed by atoms with Gasteiger partial charge in [0.25, 0.3) is 0 Å². The number of carbonyl (C=O) groups excluding carboxylic acids is 1. The molecule has 1 fully saturated rings. The van der Waals surface area contributed by atoms with Crippen molar-refractivity contribution in [1.82, 2.24) is 10.2 Å². The lowest BCUT2D eigenvalue weighted by Gasteiger charge is -2.33. The highest BCUT2D eigenvalue weighted by atomic mass is 16.2. The minimum atomic E-state index is -0.0560. The van der Waals surface area contributed by atoms with Crippen molar-refractivity contribution < 1.29 is 4.79 Å². The van der Waals surface area contributed by atoms with Crippen LogP contribution in [0.5, 0.6) is 0 Å². The molecule has 0 aromatic rings. The number of hydrogen-bond donors (Lipinski definition) is 1. The summed E-state index contributed by atoms with van der Waals surface area (Å²) in [6.45, 7) is 13.3. The zero-order chi connectivity index (χ0) is 15.2. The van der Waals surface area contributed by atoms with Gasteiger partial charge in [-0.3, -0.25) is 4.79 Å². The topological polar surface area (TPSA) is 32.3 Å². The van der Waals surface area contributed by atoms with Crippen molar-refractivity contribution >= 4 is 5.91 Å². The summed E-state index contributed by atoms with van der Waals surface area (Å²) in [6.07, 6.45) is 6.64. The van der Waals surface area contributed by atoms with Crippen molar-refractivity contribution in [3.8, 4) is 0 Å². The van der Waals surface area contributed by atoms with Crippen LogP contribution in [0.2, 0.25) is 0 Å². The van der Waals surface area contributed by atoms with Gasteiger partial charge < -0.3 is 10.2 Å². The lowest BCUT2D eigenvalue weighted by atomic mass is 9.78. The maximum absolute atomic E-state index is 12.3. The monoisotopic (exact) mass is 282 g/mol. The Hall–Kier alpha value is -0.570. The molecule has 1 aliphatic carbocycles. The standard InChI is InChI=1S/C17H34N2O/c1-6-19(7-2)16(20)15(5)18-13-17(12-14(3)4)10-8-9-11-17/h14-15,18H,6-13H2,1-5H3. The third kappa shape index (κ3) is 4.76. The Morgan fingerprint density at radius 1 is 1.15 bits per heavy atom. The van der Waals surface area contributed by atoms with E-state index in [0.29, 0.717) is 5.41 Å².